The lowest BCUT2D eigenvalue weighted by molar-refractivity contribution is -0.126. The van der Waals surface area contributed by atoms with Gasteiger partial charge in [0.05, 0.1) is 17.6 Å². The summed E-state index contributed by atoms with van der Waals surface area (Å²) in [6.45, 7) is 4.32. The van der Waals surface area contributed by atoms with Crippen molar-refractivity contribution >= 4 is 23.0 Å². The number of nitrogens with one attached hydrogen (secondary N) is 2. The van der Waals surface area contributed by atoms with Crippen LogP contribution in [0.15, 0.2) is 24.3 Å². The number of rotatable bonds is 3. The second kappa shape index (κ2) is 5.84. The molecule has 0 unspecified atom stereocenters. The van der Waals surface area contributed by atoms with E-state index in [4.69, 9.17) is 4.98 Å². The highest BCUT2D eigenvalue weighted by atomic mass is 16.2. The Kier molecular flexibility index (Phi) is 3.76. The van der Waals surface area contributed by atoms with Crippen molar-refractivity contribution in [3.8, 4) is 0 Å². The number of imide groups is 1. The summed E-state index contributed by atoms with van der Waals surface area (Å²) < 4.78 is 2.13. The Morgan fingerprint density at radius 3 is 2.84 bits per heavy atom. The lowest BCUT2D eigenvalue weighted by Gasteiger charge is -2.39. The van der Waals surface area contributed by atoms with Gasteiger partial charge in [0.25, 0.3) is 5.91 Å². The number of fused-ring (bicyclic) bond motifs is 1. The zero-order valence-corrected chi connectivity index (χ0v) is 14.6. The topological polar surface area (TPSA) is 79.3 Å². The molecule has 25 heavy (non-hydrogen) atoms. The van der Waals surface area contributed by atoms with E-state index in [-0.39, 0.29) is 17.9 Å². The number of para-hydroxylation sites is 2. The summed E-state index contributed by atoms with van der Waals surface area (Å²) in [6.07, 6.45) is 1.94. The van der Waals surface area contributed by atoms with Gasteiger partial charge in [0.1, 0.15) is 11.4 Å². The molecule has 2 saturated heterocycles. The number of nitrogens with zero attached hydrogens (tertiary/aromatic N) is 3. The molecule has 2 aromatic rings. The first-order valence-corrected chi connectivity index (χ1v) is 8.73. The van der Waals surface area contributed by atoms with E-state index in [2.05, 4.69) is 26.2 Å². The Morgan fingerprint density at radius 1 is 1.32 bits per heavy atom. The molecule has 2 fully saturated rings. The summed E-state index contributed by atoms with van der Waals surface area (Å²) in [5, 5.41) is 5.19. The van der Waals surface area contributed by atoms with Crippen molar-refractivity contribution in [2.24, 2.45) is 13.0 Å². The standard InChI is InChI=1S/C18H23N5O2/c1-18(16(24)20-17(25)21-18)12-6-5-9-23(10-12)11-15-19-13-7-3-4-8-14(13)22(15)2/h3-4,7-8,12H,5-6,9-11H2,1-2H3,(H2,20,21,24,25)/t12-,18-/m1/s1. The first kappa shape index (κ1) is 16.1. The minimum atomic E-state index is -0.817. The average molecular weight is 341 g/mol. The van der Waals surface area contributed by atoms with E-state index in [1.807, 2.05) is 32.2 Å². The highest BCUT2D eigenvalue weighted by Crippen LogP contribution is 2.30. The molecule has 0 saturated carbocycles. The van der Waals surface area contributed by atoms with E-state index in [9.17, 15) is 9.59 Å². The zero-order chi connectivity index (χ0) is 17.6. The number of amides is 3. The van der Waals surface area contributed by atoms with Crippen LogP contribution in [0.5, 0.6) is 0 Å². The van der Waals surface area contributed by atoms with E-state index in [0.717, 1.165) is 49.3 Å². The van der Waals surface area contributed by atoms with Crippen molar-refractivity contribution in [2.75, 3.05) is 13.1 Å². The van der Waals surface area contributed by atoms with Gasteiger partial charge in [-0.2, -0.15) is 0 Å². The Labute approximate surface area is 146 Å². The highest BCUT2D eigenvalue weighted by Gasteiger charge is 2.48. The van der Waals surface area contributed by atoms with Crippen molar-refractivity contribution in [3.63, 3.8) is 0 Å². The van der Waals surface area contributed by atoms with Crippen LogP contribution in [0.25, 0.3) is 11.0 Å². The van der Waals surface area contributed by atoms with Crippen LogP contribution in [0.2, 0.25) is 0 Å². The van der Waals surface area contributed by atoms with Gasteiger partial charge in [-0.3, -0.25) is 15.0 Å². The third kappa shape index (κ3) is 2.68. The third-order valence-corrected chi connectivity index (χ3v) is 5.64. The van der Waals surface area contributed by atoms with Gasteiger partial charge in [-0.15, -0.1) is 0 Å². The van der Waals surface area contributed by atoms with E-state index in [1.54, 1.807) is 0 Å². The molecule has 0 bridgehead atoms. The van der Waals surface area contributed by atoms with Gasteiger partial charge < -0.3 is 9.88 Å². The van der Waals surface area contributed by atoms with Crippen LogP contribution in [0, 0.1) is 5.92 Å². The van der Waals surface area contributed by atoms with Gasteiger partial charge in [-0.05, 0) is 38.4 Å². The van der Waals surface area contributed by atoms with Crippen molar-refractivity contribution in [1.82, 2.24) is 25.1 Å². The maximum absolute atomic E-state index is 12.2. The predicted octanol–water partition coefficient (Wildman–Crippen LogP) is 1.38. The largest absolute Gasteiger partial charge is 0.330 e. The quantitative estimate of drug-likeness (QED) is 0.827. The molecule has 2 N–H and O–H groups in total. The third-order valence-electron chi connectivity index (χ3n) is 5.64. The number of imidazole rings is 1. The van der Waals surface area contributed by atoms with Crippen LogP contribution in [0.1, 0.15) is 25.6 Å². The second-order valence-corrected chi connectivity index (χ2v) is 7.26. The van der Waals surface area contributed by atoms with Crippen LogP contribution in [-0.2, 0) is 18.4 Å². The van der Waals surface area contributed by atoms with E-state index in [1.165, 1.54) is 0 Å². The van der Waals surface area contributed by atoms with Gasteiger partial charge >= 0.3 is 6.03 Å². The molecule has 2 atom stereocenters. The molecule has 7 nitrogen and oxygen atoms in total. The SMILES string of the molecule is Cn1c(CN2CCC[C@@H]([C@@]3(C)NC(=O)NC3=O)C2)nc2ccccc21. The monoisotopic (exact) mass is 341 g/mol. The molecule has 1 aromatic heterocycles. The summed E-state index contributed by atoms with van der Waals surface area (Å²) in [6, 6.07) is 7.73. The average Bonchev–Trinajstić information content (AvgIpc) is 3.05. The fourth-order valence-electron chi connectivity index (χ4n) is 4.05. The lowest BCUT2D eigenvalue weighted by atomic mass is 9.80. The van der Waals surface area contributed by atoms with Crippen molar-refractivity contribution < 1.29 is 9.59 Å². The molecule has 0 spiro atoms. The van der Waals surface area contributed by atoms with E-state index >= 15 is 0 Å². The number of aromatic nitrogens is 2. The number of hydrogen-bond acceptors (Lipinski definition) is 4. The van der Waals surface area contributed by atoms with Crippen LogP contribution in [0.4, 0.5) is 4.79 Å². The van der Waals surface area contributed by atoms with E-state index < -0.39 is 5.54 Å². The van der Waals surface area contributed by atoms with Crippen molar-refractivity contribution in [3.05, 3.63) is 30.1 Å². The summed E-state index contributed by atoms with van der Waals surface area (Å²) in [5.41, 5.74) is 1.31. The minimum Gasteiger partial charge on any atom is -0.330 e. The number of hydrogen-bond donors (Lipinski definition) is 2. The van der Waals surface area contributed by atoms with Crippen LogP contribution in [-0.4, -0.2) is 45.0 Å². The summed E-state index contributed by atoms with van der Waals surface area (Å²) in [7, 11) is 2.04. The van der Waals surface area contributed by atoms with Gasteiger partial charge in [0.2, 0.25) is 0 Å². The minimum absolute atomic E-state index is 0.0994. The normalized spacial score (nSPS) is 27.5. The number of carbonyl (C=O) groups excluding carboxylic acids is 2. The van der Waals surface area contributed by atoms with Crippen molar-refractivity contribution in [2.45, 2.75) is 31.8 Å². The maximum atomic E-state index is 12.2. The molecule has 132 valence electrons. The Morgan fingerprint density at radius 2 is 2.12 bits per heavy atom. The number of piperidine rings is 1. The summed E-state index contributed by atoms with van der Waals surface area (Å²) in [5.74, 6) is 0.904. The van der Waals surface area contributed by atoms with Gasteiger partial charge in [-0.1, -0.05) is 12.1 Å². The lowest BCUT2D eigenvalue weighted by Crippen LogP contribution is -2.55. The number of benzene rings is 1. The molecule has 0 radical (unpaired) electrons. The van der Waals surface area contributed by atoms with Crippen LogP contribution in [0.3, 0.4) is 0 Å². The molecule has 2 aliphatic rings. The Balaban J connectivity index is 1.52. The summed E-state index contributed by atoms with van der Waals surface area (Å²) >= 11 is 0. The molecule has 1 aromatic carbocycles. The molecule has 3 amide bonds. The van der Waals surface area contributed by atoms with Crippen LogP contribution < -0.4 is 10.6 Å². The molecular weight excluding hydrogens is 318 g/mol. The second-order valence-electron chi connectivity index (χ2n) is 7.26. The highest BCUT2D eigenvalue weighted by molar-refractivity contribution is 6.07. The number of aryl methyl sites for hydroxylation is 1. The Hall–Kier alpha value is -2.41. The molecular formula is C18H23N5O2. The van der Waals surface area contributed by atoms with Gasteiger partial charge in [0, 0.05) is 19.5 Å². The van der Waals surface area contributed by atoms with Gasteiger partial charge in [0.15, 0.2) is 0 Å². The van der Waals surface area contributed by atoms with Crippen molar-refractivity contribution in [1.29, 1.82) is 0 Å². The van der Waals surface area contributed by atoms with Crippen LogP contribution >= 0.6 is 0 Å². The molecule has 2 aliphatic heterocycles. The smallest absolute Gasteiger partial charge is 0.322 e. The first-order valence-electron chi connectivity index (χ1n) is 8.73. The Bertz CT molecular complexity index is 845. The fraction of sp³-hybridized carbons (Fsp3) is 0.500. The molecule has 0 aliphatic carbocycles. The predicted molar refractivity (Wildman–Crippen MR) is 93.8 cm³/mol. The molecule has 7 heteroatoms. The fourth-order valence-corrected chi connectivity index (χ4v) is 4.05. The van der Waals surface area contributed by atoms with Gasteiger partial charge in [-0.25, -0.2) is 9.78 Å². The van der Waals surface area contributed by atoms with E-state index in [0.29, 0.717) is 0 Å². The zero-order valence-electron chi connectivity index (χ0n) is 14.6. The molecule has 4 rings (SSSR count). The molecule has 3 heterocycles. The summed E-state index contributed by atoms with van der Waals surface area (Å²) in [4.78, 5) is 30.8. The number of urea groups is 1. The number of likely N-dealkylation sites (tertiary alicyclic amines) is 1. The first-order chi connectivity index (χ1) is 12.0. The maximum Gasteiger partial charge on any atom is 0.322 e. The number of carbonyl (C=O) groups is 2.